The van der Waals surface area contributed by atoms with E-state index in [0.29, 0.717) is 6.54 Å². The van der Waals surface area contributed by atoms with E-state index in [1.165, 1.54) is 0 Å². The molecule has 1 heterocycles. The van der Waals surface area contributed by atoms with Gasteiger partial charge in [-0.15, -0.1) is 0 Å². The number of likely N-dealkylation sites (N-methyl/N-ethyl adjacent to an activating group) is 1. The van der Waals surface area contributed by atoms with E-state index in [4.69, 9.17) is 9.47 Å². The van der Waals surface area contributed by atoms with E-state index in [-0.39, 0.29) is 11.9 Å². The Morgan fingerprint density at radius 3 is 2.52 bits per heavy atom. The molecule has 1 fully saturated rings. The van der Waals surface area contributed by atoms with E-state index < -0.39 is 0 Å². The molecule has 21 heavy (non-hydrogen) atoms. The Morgan fingerprint density at radius 1 is 1.29 bits per heavy atom. The molecule has 0 aromatic heterocycles. The van der Waals surface area contributed by atoms with Crippen LogP contribution in [0.25, 0.3) is 0 Å². The van der Waals surface area contributed by atoms with E-state index >= 15 is 0 Å². The normalized spacial score (nSPS) is 17.7. The maximum atomic E-state index is 11.6. The summed E-state index contributed by atoms with van der Waals surface area (Å²) in [5.74, 6) is 1.58. The summed E-state index contributed by atoms with van der Waals surface area (Å²) < 4.78 is 10.6. The first kappa shape index (κ1) is 15.4. The van der Waals surface area contributed by atoms with Gasteiger partial charge in [0.15, 0.2) is 0 Å². The molecular formula is C15H23N3O3. The molecule has 1 amide bonds. The molecule has 6 nitrogen and oxygen atoms in total. The smallest absolute Gasteiger partial charge is 0.234 e. The SMILES string of the molecule is CNCC(=O)NC1CCN(c2cc(OC)cc(OC)c2)C1. The van der Waals surface area contributed by atoms with Crippen molar-refractivity contribution in [3.05, 3.63) is 18.2 Å². The molecule has 1 aliphatic heterocycles. The predicted molar refractivity (Wildman–Crippen MR) is 82.2 cm³/mol. The zero-order valence-electron chi connectivity index (χ0n) is 12.8. The molecule has 1 saturated heterocycles. The third kappa shape index (κ3) is 4.01. The van der Waals surface area contributed by atoms with Gasteiger partial charge in [-0.25, -0.2) is 0 Å². The zero-order valence-corrected chi connectivity index (χ0v) is 12.8. The van der Waals surface area contributed by atoms with Gasteiger partial charge in [-0.1, -0.05) is 0 Å². The summed E-state index contributed by atoms with van der Waals surface area (Å²) in [6, 6.07) is 6.01. The number of rotatable bonds is 6. The number of hydrogen-bond acceptors (Lipinski definition) is 5. The van der Waals surface area contributed by atoms with Gasteiger partial charge in [0.05, 0.1) is 20.8 Å². The van der Waals surface area contributed by atoms with Crippen molar-refractivity contribution >= 4 is 11.6 Å². The quantitative estimate of drug-likeness (QED) is 0.805. The fourth-order valence-corrected chi connectivity index (χ4v) is 2.53. The minimum atomic E-state index is 0.0348. The molecule has 1 aliphatic rings. The number of hydrogen-bond donors (Lipinski definition) is 2. The molecular weight excluding hydrogens is 270 g/mol. The molecule has 2 rings (SSSR count). The summed E-state index contributed by atoms with van der Waals surface area (Å²) in [6.07, 6.45) is 0.939. The van der Waals surface area contributed by atoms with Crippen molar-refractivity contribution in [2.45, 2.75) is 12.5 Å². The number of carbonyl (C=O) groups excluding carboxylic acids is 1. The Hall–Kier alpha value is -1.95. The highest BCUT2D eigenvalue weighted by atomic mass is 16.5. The average Bonchev–Trinajstić information content (AvgIpc) is 2.95. The molecule has 0 saturated carbocycles. The lowest BCUT2D eigenvalue weighted by molar-refractivity contribution is -0.120. The maximum Gasteiger partial charge on any atom is 0.234 e. The van der Waals surface area contributed by atoms with Crippen LogP contribution in [0.1, 0.15) is 6.42 Å². The topological polar surface area (TPSA) is 62.8 Å². The van der Waals surface area contributed by atoms with Gasteiger partial charge < -0.3 is 25.0 Å². The van der Waals surface area contributed by atoms with Crippen LogP contribution in [-0.4, -0.2) is 52.9 Å². The van der Waals surface area contributed by atoms with Crippen LogP contribution in [0.2, 0.25) is 0 Å². The first-order chi connectivity index (χ1) is 10.2. The first-order valence-corrected chi connectivity index (χ1v) is 7.08. The van der Waals surface area contributed by atoms with Gasteiger partial charge in [-0.3, -0.25) is 4.79 Å². The molecule has 0 spiro atoms. The second-order valence-electron chi connectivity index (χ2n) is 5.10. The van der Waals surface area contributed by atoms with Gasteiger partial charge in [0, 0.05) is 43.0 Å². The maximum absolute atomic E-state index is 11.6. The van der Waals surface area contributed by atoms with Gasteiger partial charge in [0.2, 0.25) is 5.91 Å². The average molecular weight is 293 g/mol. The molecule has 1 aromatic rings. The molecule has 0 bridgehead atoms. The summed E-state index contributed by atoms with van der Waals surface area (Å²) in [6.45, 7) is 2.05. The molecule has 1 aromatic carbocycles. The van der Waals surface area contributed by atoms with E-state index in [1.807, 2.05) is 18.2 Å². The molecule has 116 valence electrons. The second kappa shape index (κ2) is 7.17. The third-order valence-corrected chi connectivity index (χ3v) is 3.59. The van der Waals surface area contributed by atoms with Crippen molar-refractivity contribution in [3.8, 4) is 11.5 Å². The van der Waals surface area contributed by atoms with Crippen molar-refractivity contribution < 1.29 is 14.3 Å². The number of carbonyl (C=O) groups is 1. The Labute approximate surface area is 125 Å². The van der Waals surface area contributed by atoms with Gasteiger partial charge in [-0.05, 0) is 13.5 Å². The van der Waals surface area contributed by atoms with Crippen LogP contribution in [0.3, 0.4) is 0 Å². The van der Waals surface area contributed by atoms with Crippen LogP contribution in [-0.2, 0) is 4.79 Å². The molecule has 0 aliphatic carbocycles. The highest BCUT2D eigenvalue weighted by Crippen LogP contribution is 2.30. The minimum Gasteiger partial charge on any atom is -0.497 e. The summed E-state index contributed by atoms with van der Waals surface area (Å²) in [7, 11) is 5.05. The van der Waals surface area contributed by atoms with E-state index in [0.717, 1.165) is 36.7 Å². The summed E-state index contributed by atoms with van der Waals surface area (Å²) in [5, 5.41) is 5.89. The van der Waals surface area contributed by atoms with Crippen LogP contribution in [0.15, 0.2) is 18.2 Å². The Bertz CT molecular complexity index is 471. The van der Waals surface area contributed by atoms with Crippen LogP contribution >= 0.6 is 0 Å². The van der Waals surface area contributed by atoms with Crippen molar-refractivity contribution in [1.29, 1.82) is 0 Å². The van der Waals surface area contributed by atoms with Gasteiger partial charge in [0.25, 0.3) is 0 Å². The largest absolute Gasteiger partial charge is 0.497 e. The second-order valence-corrected chi connectivity index (χ2v) is 5.10. The lowest BCUT2D eigenvalue weighted by atomic mass is 10.2. The Balaban J connectivity index is 2.02. The molecule has 2 N–H and O–H groups in total. The van der Waals surface area contributed by atoms with Crippen molar-refractivity contribution in [2.24, 2.45) is 0 Å². The van der Waals surface area contributed by atoms with Crippen LogP contribution in [0, 0.1) is 0 Å². The van der Waals surface area contributed by atoms with E-state index in [2.05, 4.69) is 15.5 Å². The molecule has 1 unspecified atom stereocenters. The van der Waals surface area contributed by atoms with Crippen molar-refractivity contribution in [3.63, 3.8) is 0 Å². The number of amides is 1. The number of anilines is 1. The van der Waals surface area contributed by atoms with Crippen molar-refractivity contribution in [1.82, 2.24) is 10.6 Å². The van der Waals surface area contributed by atoms with Crippen LogP contribution in [0.5, 0.6) is 11.5 Å². The summed E-state index contributed by atoms with van der Waals surface area (Å²) in [5.41, 5.74) is 1.05. The van der Waals surface area contributed by atoms with E-state index in [9.17, 15) is 4.79 Å². The highest BCUT2D eigenvalue weighted by molar-refractivity contribution is 5.78. The Kier molecular flexibility index (Phi) is 5.27. The number of nitrogens with one attached hydrogen (secondary N) is 2. The zero-order chi connectivity index (χ0) is 15.2. The van der Waals surface area contributed by atoms with Gasteiger partial charge in [-0.2, -0.15) is 0 Å². The van der Waals surface area contributed by atoms with Crippen LogP contribution < -0.4 is 25.0 Å². The lowest BCUT2D eigenvalue weighted by Crippen LogP contribution is -2.41. The standard InChI is InChI=1S/C15H23N3O3/c1-16-9-15(19)17-11-4-5-18(10-11)12-6-13(20-2)8-14(7-12)21-3/h6-8,11,16H,4-5,9-10H2,1-3H3,(H,17,19). The van der Waals surface area contributed by atoms with E-state index in [1.54, 1.807) is 21.3 Å². The fourth-order valence-electron chi connectivity index (χ4n) is 2.53. The minimum absolute atomic E-state index is 0.0348. The summed E-state index contributed by atoms with van der Waals surface area (Å²) >= 11 is 0. The number of benzene rings is 1. The summed E-state index contributed by atoms with van der Waals surface area (Å²) in [4.78, 5) is 13.8. The fraction of sp³-hybridized carbons (Fsp3) is 0.533. The molecule has 1 atom stereocenters. The Morgan fingerprint density at radius 2 is 1.95 bits per heavy atom. The number of methoxy groups -OCH3 is 2. The monoisotopic (exact) mass is 293 g/mol. The number of ether oxygens (including phenoxy) is 2. The molecule has 0 radical (unpaired) electrons. The third-order valence-electron chi connectivity index (χ3n) is 3.59. The van der Waals surface area contributed by atoms with Gasteiger partial charge >= 0.3 is 0 Å². The van der Waals surface area contributed by atoms with Crippen molar-refractivity contribution in [2.75, 3.05) is 45.8 Å². The van der Waals surface area contributed by atoms with Crippen LogP contribution in [0.4, 0.5) is 5.69 Å². The predicted octanol–water partition coefficient (Wildman–Crippen LogP) is 0.618. The first-order valence-electron chi connectivity index (χ1n) is 7.08. The molecule has 6 heteroatoms. The lowest BCUT2D eigenvalue weighted by Gasteiger charge is -2.20. The number of nitrogens with zero attached hydrogens (tertiary/aromatic N) is 1. The highest BCUT2D eigenvalue weighted by Gasteiger charge is 2.24. The van der Waals surface area contributed by atoms with Gasteiger partial charge in [0.1, 0.15) is 11.5 Å².